The predicted octanol–water partition coefficient (Wildman–Crippen LogP) is 2.93. The monoisotopic (exact) mass is 294 g/mol. The third kappa shape index (κ3) is 4.80. The quantitative estimate of drug-likeness (QED) is 0.926. The van der Waals surface area contributed by atoms with Crippen LogP contribution in [0.3, 0.4) is 0 Å². The van der Waals surface area contributed by atoms with Crippen LogP contribution in [0.15, 0.2) is 24.3 Å². The zero-order valence-electron chi connectivity index (χ0n) is 12.2. The topological polar surface area (TPSA) is 32.3 Å². The van der Waals surface area contributed by atoms with Crippen LogP contribution in [-0.2, 0) is 11.3 Å². The SMILES string of the molecule is C[C@H]1C[C@H](C)CN(CC(=O)NCc2ccc(Cl)cc2)C1. The highest BCUT2D eigenvalue weighted by Gasteiger charge is 2.22. The lowest BCUT2D eigenvalue weighted by Gasteiger charge is -2.34. The van der Waals surface area contributed by atoms with E-state index in [0.29, 0.717) is 24.9 Å². The van der Waals surface area contributed by atoms with E-state index in [2.05, 4.69) is 24.1 Å². The van der Waals surface area contributed by atoms with Crippen LogP contribution in [0.25, 0.3) is 0 Å². The first-order chi connectivity index (χ1) is 9.52. The van der Waals surface area contributed by atoms with E-state index >= 15 is 0 Å². The minimum Gasteiger partial charge on any atom is -0.351 e. The van der Waals surface area contributed by atoms with Gasteiger partial charge in [-0.1, -0.05) is 37.6 Å². The summed E-state index contributed by atoms with van der Waals surface area (Å²) in [6, 6.07) is 7.56. The molecule has 2 rings (SSSR count). The summed E-state index contributed by atoms with van der Waals surface area (Å²) in [7, 11) is 0. The molecular weight excluding hydrogens is 272 g/mol. The molecule has 3 nitrogen and oxygen atoms in total. The Morgan fingerprint density at radius 3 is 2.45 bits per heavy atom. The van der Waals surface area contributed by atoms with Crippen molar-refractivity contribution < 1.29 is 4.79 Å². The molecule has 0 aliphatic carbocycles. The molecule has 1 saturated heterocycles. The van der Waals surface area contributed by atoms with Gasteiger partial charge in [-0.2, -0.15) is 0 Å². The summed E-state index contributed by atoms with van der Waals surface area (Å²) >= 11 is 5.84. The summed E-state index contributed by atoms with van der Waals surface area (Å²) in [4.78, 5) is 14.2. The van der Waals surface area contributed by atoms with E-state index in [0.717, 1.165) is 23.7 Å². The standard InChI is InChI=1S/C16H23ClN2O/c1-12-7-13(2)10-19(9-12)11-16(20)18-8-14-3-5-15(17)6-4-14/h3-6,12-13H,7-11H2,1-2H3,(H,18,20)/t12-,13-/m0/s1. The van der Waals surface area contributed by atoms with Gasteiger partial charge < -0.3 is 5.32 Å². The van der Waals surface area contributed by atoms with Gasteiger partial charge in [0.2, 0.25) is 5.91 Å². The molecule has 1 N–H and O–H groups in total. The van der Waals surface area contributed by atoms with Gasteiger partial charge in [-0.15, -0.1) is 0 Å². The van der Waals surface area contributed by atoms with Crippen LogP contribution in [0, 0.1) is 11.8 Å². The molecule has 2 atom stereocenters. The van der Waals surface area contributed by atoms with E-state index in [1.807, 2.05) is 24.3 Å². The van der Waals surface area contributed by atoms with Crippen LogP contribution in [0.1, 0.15) is 25.8 Å². The van der Waals surface area contributed by atoms with Gasteiger partial charge in [-0.25, -0.2) is 0 Å². The number of piperidine rings is 1. The van der Waals surface area contributed by atoms with Crippen molar-refractivity contribution in [1.82, 2.24) is 10.2 Å². The fourth-order valence-electron chi connectivity index (χ4n) is 2.98. The number of halogens is 1. The maximum atomic E-state index is 12.0. The van der Waals surface area contributed by atoms with E-state index in [1.165, 1.54) is 6.42 Å². The van der Waals surface area contributed by atoms with Gasteiger partial charge in [-0.05, 0) is 36.0 Å². The molecule has 0 aromatic heterocycles. The summed E-state index contributed by atoms with van der Waals surface area (Å²) in [5.41, 5.74) is 1.07. The average Bonchev–Trinajstić information content (AvgIpc) is 2.37. The van der Waals surface area contributed by atoms with E-state index in [-0.39, 0.29) is 5.91 Å². The molecule has 0 radical (unpaired) electrons. The lowest BCUT2D eigenvalue weighted by atomic mass is 9.92. The van der Waals surface area contributed by atoms with E-state index in [9.17, 15) is 4.79 Å². The van der Waals surface area contributed by atoms with Gasteiger partial charge in [0.25, 0.3) is 0 Å². The molecule has 0 spiro atoms. The van der Waals surface area contributed by atoms with Gasteiger partial charge >= 0.3 is 0 Å². The Morgan fingerprint density at radius 1 is 1.25 bits per heavy atom. The number of carbonyl (C=O) groups is 1. The number of nitrogens with one attached hydrogen (secondary N) is 1. The number of carbonyl (C=O) groups excluding carboxylic acids is 1. The zero-order valence-corrected chi connectivity index (χ0v) is 13.0. The number of rotatable bonds is 4. The van der Waals surface area contributed by atoms with E-state index in [4.69, 9.17) is 11.6 Å². The van der Waals surface area contributed by atoms with Gasteiger partial charge in [0, 0.05) is 24.7 Å². The molecule has 1 aliphatic heterocycles. The molecule has 0 bridgehead atoms. The van der Waals surface area contributed by atoms with Gasteiger partial charge in [-0.3, -0.25) is 9.69 Å². The van der Waals surface area contributed by atoms with Crippen LogP contribution < -0.4 is 5.32 Å². The van der Waals surface area contributed by atoms with E-state index < -0.39 is 0 Å². The second kappa shape index (κ2) is 7.09. The van der Waals surface area contributed by atoms with Crippen molar-refractivity contribution in [2.24, 2.45) is 11.8 Å². The Bertz CT molecular complexity index is 436. The van der Waals surface area contributed by atoms with Gasteiger partial charge in [0.1, 0.15) is 0 Å². The summed E-state index contributed by atoms with van der Waals surface area (Å²) in [5, 5.41) is 3.69. The lowest BCUT2D eigenvalue weighted by Crippen LogP contribution is -2.44. The highest BCUT2D eigenvalue weighted by atomic mass is 35.5. The van der Waals surface area contributed by atoms with Crippen molar-refractivity contribution >= 4 is 17.5 Å². The van der Waals surface area contributed by atoms with Crippen LogP contribution >= 0.6 is 11.6 Å². The Labute approximate surface area is 126 Å². The first-order valence-electron chi connectivity index (χ1n) is 7.26. The molecule has 4 heteroatoms. The van der Waals surface area contributed by atoms with Crippen LogP contribution in [0.5, 0.6) is 0 Å². The van der Waals surface area contributed by atoms with Crippen molar-refractivity contribution in [3.63, 3.8) is 0 Å². The normalized spacial score (nSPS) is 23.6. The first-order valence-corrected chi connectivity index (χ1v) is 7.64. The van der Waals surface area contributed by atoms with Crippen LogP contribution in [0.2, 0.25) is 5.02 Å². The molecule has 1 aliphatic rings. The summed E-state index contributed by atoms with van der Waals surface area (Å²) < 4.78 is 0. The maximum Gasteiger partial charge on any atom is 0.234 e. The molecule has 110 valence electrons. The average molecular weight is 295 g/mol. The molecular formula is C16H23ClN2O. The number of benzene rings is 1. The smallest absolute Gasteiger partial charge is 0.234 e. The predicted molar refractivity (Wildman–Crippen MR) is 82.7 cm³/mol. The second-order valence-electron chi connectivity index (χ2n) is 6.04. The molecule has 0 unspecified atom stereocenters. The maximum absolute atomic E-state index is 12.0. The highest BCUT2D eigenvalue weighted by Crippen LogP contribution is 2.20. The Kier molecular flexibility index (Phi) is 5.44. The van der Waals surface area contributed by atoms with Gasteiger partial charge in [0.05, 0.1) is 6.54 Å². The summed E-state index contributed by atoms with van der Waals surface area (Å²) in [6.45, 7) is 7.64. The fraction of sp³-hybridized carbons (Fsp3) is 0.562. The van der Waals surface area contributed by atoms with Crippen molar-refractivity contribution in [3.05, 3.63) is 34.9 Å². The van der Waals surface area contributed by atoms with Crippen molar-refractivity contribution in [3.8, 4) is 0 Å². The molecule has 0 saturated carbocycles. The largest absolute Gasteiger partial charge is 0.351 e. The number of likely N-dealkylation sites (tertiary alicyclic amines) is 1. The molecule has 1 amide bonds. The molecule has 1 aromatic rings. The number of hydrogen-bond donors (Lipinski definition) is 1. The van der Waals surface area contributed by atoms with Crippen LogP contribution in [-0.4, -0.2) is 30.4 Å². The highest BCUT2D eigenvalue weighted by molar-refractivity contribution is 6.30. The zero-order chi connectivity index (χ0) is 14.5. The lowest BCUT2D eigenvalue weighted by molar-refractivity contribution is -0.123. The van der Waals surface area contributed by atoms with E-state index in [1.54, 1.807) is 0 Å². The van der Waals surface area contributed by atoms with Crippen molar-refractivity contribution in [2.75, 3.05) is 19.6 Å². The second-order valence-corrected chi connectivity index (χ2v) is 6.48. The number of hydrogen-bond acceptors (Lipinski definition) is 2. The Hall–Kier alpha value is -1.06. The molecule has 1 fully saturated rings. The number of nitrogens with zero attached hydrogens (tertiary/aromatic N) is 1. The first kappa shape index (κ1) is 15.3. The molecule has 20 heavy (non-hydrogen) atoms. The van der Waals surface area contributed by atoms with Crippen LogP contribution in [0.4, 0.5) is 0 Å². The summed E-state index contributed by atoms with van der Waals surface area (Å²) in [5.74, 6) is 1.46. The minimum atomic E-state index is 0.0984. The Balaban J connectivity index is 1.76. The van der Waals surface area contributed by atoms with Gasteiger partial charge in [0.15, 0.2) is 0 Å². The molecule has 1 aromatic carbocycles. The third-order valence-electron chi connectivity index (χ3n) is 3.71. The van der Waals surface area contributed by atoms with Crippen molar-refractivity contribution in [1.29, 1.82) is 0 Å². The number of amides is 1. The minimum absolute atomic E-state index is 0.0984. The molecule has 1 heterocycles. The summed E-state index contributed by atoms with van der Waals surface area (Å²) in [6.07, 6.45) is 1.27. The third-order valence-corrected chi connectivity index (χ3v) is 3.97. The fourth-order valence-corrected chi connectivity index (χ4v) is 3.11. The van der Waals surface area contributed by atoms with Crippen molar-refractivity contribution in [2.45, 2.75) is 26.8 Å². The Morgan fingerprint density at radius 2 is 1.85 bits per heavy atom.